The second kappa shape index (κ2) is 11.1. The van der Waals surface area contributed by atoms with Crippen LogP contribution in [0, 0.1) is 16.7 Å². The number of carbonyl (C=O) groups excluding carboxylic acids is 1. The van der Waals surface area contributed by atoms with E-state index in [9.17, 15) is 10.1 Å². The predicted octanol–water partition coefficient (Wildman–Crippen LogP) is 7.20. The van der Waals surface area contributed by atoms with Crippen molar-refractivity contribution in [1.29, 1.82) is 5.26 Å². The van der Waals surface area contributed by atoms with Gasteiger partial charge >= 0.3 is 0 Å². The van der Waals surface area contributed by atoms with Crippen LogP contribution < -0.4 is 5.32 Å². The topological polar surface area (TPSA) is 102 Å². The summed E-state index contributed by atoms with van der Waals surface area (Å²) in [5, 5.41) is 12.6. The fraction of sp³-hybridized carbons (Fsp3) is 0.515. The Bertz CT molecular complexity index is 1520. The maximum atomic E-state index is 13.6. The molecule has 3 aliphatic rings. The molecule has 2 bridgehead atoms. The van der Waals surface area contributed by atoms with Gasteiger partial charge in [-0.2, -0.15) is 5.26 Å². The Balaban J connectivity index is 1.44. The van der Waals surface area contributed by atoms with Crippen LogP contribution in [0.5, 0.6) is 0 Å². The largest absolute Gasteiger partial charge is 0.361 e. The van der Waals surface area contributed by atoms with Crippen molar-refractivity contribution in [3.63, 3.8) is 0 Å². The zero-order chi connectivity index (χ0) is 30.3. The molecule has 2 aromatic rings. The van der Waals surface area contributed by atoms with E-state index in [0.717, 1.165) is 54.3 Å². The van der Waals surface area contributed by atoms with E-state index in [1.807, 2.05) is 12.1 Å². The molecule has 0 fully saturated rings. The molecule has 5 rings (SSSR count). The molecule has 0 radical (unpaired) electrons. The molecular weight excluding hydrogens is 542 g/mol. The molecule has 42 heavy (non-hydrogen) atoms. The molecule has 9 heteroatoms. The van der Waals surface area contributed by atoms with E-state index in [0.29, 0.717) is 12.3 Å². The molecular formula is C33H43N5O3Si. The van der Waals surface area contributed by atoms with Gasteiger partial charge in [0.15, 0.2) is 5.69 Å². The van der Waals surface area contributed by atoms with Gasteiger partial charge in [-0.3, -0.25) is 4.79 Å². The molecule has 1 aliphatic carbocycles. The van der Waals surface area contributed by atoms with Gasteiger partial charge in [0, 0.05) is 27.3 Å². The summed E-state index contributed by atoms with van der Waals surface area (Å²) in [5.74, 6) is -0.255. The standard InChI is InChI=1S/C33H43N5O3Si/c1-31(2)12-10-23(11-13-31)28-27(9-8-26(36-28)24-18-32(3)14-15-33(4,19-24)41-32)37-30(39)29-35-25(20-34)21-38(29)22-40-16-17-42(5,6)7/h8-10,14-15,18,21H,11-13,16-17,19,22H2,1-7H3,(H,37,39). The summed E-state index contributed by atoms with van der Waals surface area (Å²) in [4.78, 5) is 23.1. The Kier molecular flexibility index (Phi) is 7.94. The number of allylic oxidation sites excluding steroid dienone is 2. The van der Waals surface area contributed by atoms with Gasteiger partial charge in [0.2, 0.25) is 5.82 Å². The summed E-state index contributed by atoms with van der Waals surface area (Å²) in [6.07, 6.45) is 13.8. The molecule has 0 aromatic carbocycles. The van der Waals surface area contributed by atoms with E-state index in [-0.39, 0.29) is 29.3 Å². The highest BCUT2D eigenvalue weighted by Gasteiger charge is 2.42. The number of hydrogen-bond donors (Lipinski definition) is 1. The van der Waals surface area contributed by atoms with E-state index >= 15 is 0 Å². The first kappa shape index (κ1) is 30.1. The number of amides is 1. The van der Waals surface area contributed by atoms with Gasteiger partial charge in [-0.25, -0.2) is 9.97 Å². The van der Waals surface area contributed by atoms with Crippen LogP contribution in [0.3, 0.4) is 0 Å². The Hall–Kier alpha value is -3.32. The molecule has 0 saturated heterocycles. The van der Waals surface area contributed by atoms with Crippen molar-refractivity contribution in [2.75, 3.05) is 11.9 Å². The predicted molar refractivity (Wildman–Crippen MR) is 168 cm³/mol. The summed E-state index contributed by atoms with van der Waals surface area (Å²) in [6, 6.07) is 6.98. The number of nitrogens with one attached hydrogen (secondary N) is 1. The normalized spacial score (nSPS) is 24.6. The van der Waals surface area contributed by atoms with Gasteiger partial charge in [-0.15, -0.1) is 0 Å². The van der Waals surface area contributed by atoms with Crippen molar-refractivity contribution < 1.29 is 14.3 Å². The van der Waals surface area contributed by atoms with Gasteiger partial charge in [0.05, 0.1) is 22.7 Å². The van der Waals surface area contributed by atoms with E-state index in [1.54, 1.807) is 10.8 Å². The lowest BCUT2D eigenvalue weighted by atomic mass is 9.77. The minimum atomic E-state index is -1.25. The van der Waals surface area contributed by atoms with Crippen LogP contribution in [-0.2, 0) is 16.2 Å². The lowest BCUT2D eigenvalue weighted by Crippen LogP contribution is -2.35. The van der Waals surface area contributed by atoms with Crippen LogP contribution in [-0.4, -0.2) is 46.3 Å². The number of pyridine rings is 1. The smallest absolute Gasteiger partial charge is 0.291 e. The molecule has 0 saturated carbocycles. The highest BCUT2D eigenvalue weighted by atomic mass is 28.3. The molecule has 222 valence electrons. The van der Waals surface area contributed by atoms with Crippen LogP contribution in [0.4, 0.5) is 5.69 Å². The third kappa shape index (κ3) is 6.83. The Morgan fingerprint density at radius 3 is 2.62 bits per heavy atom. The lowest BCUT2D eigenvalue weighted by Gasteiger charge is -2.35. The number of carbonyl (C=O) groups is 1. The van der Waals surface area contributed by atoms with Gasteiger partial charge in [0.1, 0.15) is 18.4 Å². The molecule has 8 nitrogen and oxygen atoms in total. The van der Waals surface area contributed by atoms with Crippen LogP contribution in [0.15, 0.2) is 42.6 Å². The third-order valence-corrected chi connectivity index (χ3v) is 10.00. The van der Waals surface area contributed by atoms with Gasteiger partial charge in [0.25, 0.3) is 5.91 Å². The fourth-order valence-electron chi connectivity index (χ4n) is 5.77. The average molecular weight is 586 g/mol. The number of ether oxygens (including phenoxy) is 2. The number of hydrogen-bond acceptors (Lipinski definition) is 6. The maximum absolute atomic E-state index is 13.6. The van der Waals surface area contributed by atoms with Gasteiger partial charge in [-0.1, -0.05) is 51.7 Å². The van der Waals surface area contributed by atoms with E-state index < -0.39 is 19.6 Å². The third-order valence-electron chi connectivity index (χ3n) is 8.29. The fourth-order valence-corrected chi connectivity index (χ4v) is 6.53. The van der Waals surface area contributed by atoms with Crippen LogP contribution >= 0.6 is 0 Å². The summed E-state index contributed by atoms with van der Waals surface area (Å²) in [6.45, 7) is 16.4. The first-order chi connectivity index (χ1) is 19.7. The van der Waals surface area contributed by atoms with Gasteiger partial charge in [-0.05, 0) is 73.9 Å². The Labute approximate surface area is 250 Å². The SMILES string of the molecule is CC1(C)CC=C(c2nc(C3=CC4(C)C=CC(C)(C3)O4)ccc2NC(=O)c2nc(C#N)cn2COCC[Si](C)(C)C)CC1. The first-order valence-electron chi connectivity index (χ1n) is 14.9. The number of nitriles is 1. The van der Waals surface area contributed by atoms with Crippen LogP contribution in [0.25, 0.3) is 11.1 Å². The number of nitrogens with zero attached hydrogens (tertiary/aromatic N) is 4. The van der Waals surface area contributed by atoms with E-state index in [1.165, 1.54) is 0 Å². The van der Waals surface area contributed by atoms with Gasteiger partial charge < -0.3 is 19.4 Å². The molecule has 1 N–H and O–H groups in total. The highest BCUT2D eigenvalue weighted by molar-refractivity contribution is 6.76. The Morgan fingerprint density at radius 2 is 1.95 bits per heavy atom. The van der Waals surface area contributed by atoms with Crippen LogP contribution in [0.2, 0.25) is 25.7 Å². The number of aromatic nitrogens is 3. The van der Waals surface area contributed by atoms with Crippen molar-refractivity contribution in [2.45, 2.75) is 97.0 Å². The zero-order valence-corrected chi connectivity index (χ0v) is 27.0. The highest BCUT2D eigenvalue weighted by Crippen LogP contribution is 2.45. The second-order valence-corrected chi connectivity index (χ2v) is 19.9. The molecule has 2 aromatic heterocycles. The van der Waals surface area contributed by atoms with E-state index in [4.69, 9.17) is 14.5 Å². The van der Waals surface area contributed by atoms with Crippen molar-refractivity contribution in [1.82, 2.24) is 14.5 Å². The molecule has 1 amide bonds. The molecule has 4 heterocycles. The minimum Gasteiger partial charge on any atom is -0.361 e. The summed E-state index contributed by atoms with van der Waals surface area (Å²) in [5.41, 5.74) is 4.18. The quantitative estimate of drug-likeness (QED) is 0.190. The Morgan fingerprint density at radius 1 is 1.17 bits per heavy atom. The number of imidazole rings is 1. The lowest BCUT2D eigenvalue weighted by molar-refractivity contribution is -0.0473. The molecule has 0 spiro atoms. The van der Waals surface area contributed by atoms with Crippen molar-refractivity contribution >= 4 is 30.8 Å². The summed E-state index contributed by atoms with van der Waals surface area (Å²) in [7, 11) is -1.25. The number of anilines is 1. The average Bonchev–Trinajstić information content (AvgIpc) is 3.42. The monoisotopic (exact) mass is 585 g/mol. The summed E-state index contributed by atoms with van der Waals surface area (Å²) >= 11 is 0. The van der Waals surface area contributed by atoms with E-state index in [2.05, 4.69) is 88.0 Å². The minimum absolute atomic E-state index is 0.143. The number of rotatable bonds is 9. The first-order valence-corrected chi connectivity index (χ1v) is 18.6. The van der Waals surface area contributed by atoms with Crippen molar-refractivity contribution in [3.05, 3.63) is 65.5 Å². The molecule has 2 atom stereocenters. The maximum Gasteiger partial charge on any atom is 0.291 e. The van der Waals surface area contributed by atoms with Crippen molar-refractivity contribution in [3.8, 4) is 6.07 Å². The molecule has 2 aliphatic heterocycles. The zero-order valence-electron chi connectivity index (χ0n) is 26.0. The second-order valence-electron chi connectivity index (χ2n) is 14.3. The van der Waals surface area contributed by atoms with Crippen LogP contribution in [0.1, 0.15) is 81.1 Å². The number of fused-ring (bicyclic) bond motifs is 2. The summed E-state index contributed by atoms with van der Waals surface area (Å²) < 4.78 is 13.8. The van der Waals surface area contributed by atoms with Crippen molar-refractivity contribution in [2.24, 2.45) is 5.41 Å². The molecule has 2 unspecified atom stereocenters.